The van der Waals surface area contributed by atoms with Crippen LogP contribution in [-0.4, -0.2) is 32.9 Å². The zero-order valence-corrected chi connectivity index (χ0v) is 12.8. The lowest BCUT2D eigenvalue weighted by Crippen LogP contribution is -2.45. The quantitative estimate of drug-likeness (QED) is 0.852. The molecule has 2 aromatic heterocycles. The summed E-state index contributed by atoms with van der Waals surface area (Å²) in [5.74, 6) is 1.21. The highest BCUT2D eigenvalue weighted by Gasteiger charge is 2.25. The van der Waals surface area contributed by atoms with Gasteiger partial charge in [0.15, 0.2) is 0 Å². The molecule has 0 spiro atoms. The number of pyridine rings is 1. The van der Waals surface area contributed by atoms with Crippen LogP contribution in [0, 0.1) is 6.92 Å². The van der Waals surface area contributed by atoms with Gasteiger partial charge >= 0.3 is 0 Å². The lowest BCUT2D eigenvalue weighted by molar-refractivity contribution is 0.110. The van der Waals surface area contributed by atoms with Crippen molar-refractivity contribution in [1.29, 1.82) is 0 Å². The number of nitrogens with zero attached hydrogens (tertiary/aromatic N) is 3. The first kappa shape index (κ1) is 13.6. The van der Waals surface area contributed by atoms with Crippen LogP contribution in [0.1, 0.15) is 44.5 Å². The van der Waals surface area contributed by atoms with Crippen LogP contribution in [-0.2, 0) is 6.42 Å². The van der Waals surface area contributed by atoms with Crippen molar-refractivity contribution in [2.45, 2.75) is 58.5 Å². The van der Waals surface area contributed by atoms with Crippen LogP contribution < -0.4 is 0 Å². The first-order chi connectivity index (χ1) is 9.65. The number of piperidine rings is 1. The predicted molar refractivity (Wildman–Crippen MR) is 83.1 cm³/mol. The summed E-state index contributed by atoms with van der Waals surface area (Å²) in [6.07, 6.45) is 9.28. The van der Waals surface area contributed by atoms with E-state index < -0.39 is 0 Å². The number of hydrogen-bond acceptors (Lipinski definition) is 2. The summed E-state index contributed by atoms with van der Waals surface area (Å²) >= 11 is 0. The number of aryl methyl sites for hydroxylation is 1. The summed E-state index contributed by atoms with van der Waals surface area (Å²) in [5.41, 5.74) is 2.50. The molecule has 1 unspecified atom stereocenters. The van der Waals surface area contributed by atoms with Crippen LogP contribution in [0.3, 0.4) is 0 Å². The van der Waals surface area contributed by atoms with Gasteiger partial charge in [-0.15, -0.1) is 0 Å². The van der Waals surface area contributed by atoms with E-state index in [9.17, 15) is 0 Å². The molecular weight excluding hydrogens is 246 g/mol. The Kier molecular flexibility index (Phi) is 3.79. The van der Waals surface area contributed by atoms with Crippen molar-refractivity contribution in [3.8, 4) is 0 Å². The normalized spacial score (nSPS) is 20.9. The van der Waals surface area contributed by atoms with Crippen molar-refractivity contribution < 1.29 is 0 Å². The predicted octanol–water partition coefficient (Wildman–Crippen LogP) is 3.45. The van der Waals surface area contributed by atoms with Gasteiger partial charge in [0.1, 0.15) is 5.82 Å². The second-order valence-corrected chi connectivity index (χ2v) is 6.36. The fourth-order valence-electron chi connectivity index (χ4n) is 3.43. The lowest BCUT2D eigenvalue weighted by Gasteiger charge is -2.38. The number of hydrogen-bond donors (Lipinski definition) is 0. The molecule has 108 valence electrons. The Bertz CT molecular complexity index is 585. The highest BCUT2D eigenvalue weighted by molar-refractivity contribution is 5.46. The Balaban J connectivity index is 1.86. The summed E-state index contributed by atoms with van der Waals surface area (Å²) in [7, 11) is 0. The average Bonchev–Trinajstić information content (AvgIpc) is 2.82. The molecule has 1 atom stereocenters. The van der Waals surface area contributed by atoms with Crippen molar-refractivity contribution in [1.82, 2.24) is 14.3 Å². The molecule has 2 aromatic rings. The minimum Gasteiger partial charge on any atom is -0.303 e. The molecule has 3 heteroatoms. The Morgan fingerprint density at radius 2 is 2.15 bits per heavy atom. The van der Waals surface area contributed by atoms with E-state index in [2.05, 4.69) is 53.4 Å². The first-order valence-electron chi connectivity index (χ1n) is 7.83. The molecule has 1 aliphatic rings. The Labute approximate surface area is 121 Å². The van der Waals surface area contributed by atoms with Crippen molar-refractivity contribution in [2.75, 3.05) is 6.54 Å². The Morgan fingerprint density at radius 1 is 1.30 bits per heavy atom. The van der Waals surface area contributed by atoms with Crippen LogP contribution in [0.15, 0.2) is 24.5 Å². The molecule has 0 radical (unpaired) electrons. The third-order valence-electron chi connectivity index (χ3n) is 4.51. The molecule has 1 saturated heterocycles. The fraction of sp³-hybridized carbons (Fsp3) is 0.588. The van der Waals surface area contributed by atoms with E-state index >= 15 is 0 Å². The van der Waals surface area contributed by atoms with Gasteiger partial charge < -0.3 is 4.40 Å². The molecule has 1 aliphatic heterocycles. The maximum absolute atomic E-state index is 4.66. The zero-order chi connectivity index (χ0) is 14.1. The monoisotopic (exact) mass is 271 g/mol. The van der Waals surface area contributed by atoms with Crippen LogP contribution in [0.4, 0.5) is 0 Å². The van der Waals surface area contributed by atoms with Gasteiger partial charge in [0.05, 0.1) is 11.7 Å². The highest BCUT2D eigenvalue weighted by Crippen LogP contribution is 2.23. The third-order valence-corrected chi connectivity index (χ3v) is 4.51. The van der Waals surface area contributed by atoms with Crippen molar-refractivity contribution in [2.24, 2.45) is 0 Å². The Morgan fingerprint density at radius 3 is 2.95 bits per heavy atom. The first-order valence-corrected chi connectivity index (χ1v) is 7.83. The molecule has 0 saturated carbocycles. The number of aromatic nitrogens is 2. The summed E-state index contributed by atoms with van der Waals surface area (Å²) in [6, 6.07) is 5.59. The van der Waals surface area contributed by atoms with Gasteiger partial charge in [-0.1, -0.05) is 12.5 Å². The largest absolute Gasteiger partial charge is 0.303 e. The molecule has 0 N–H and O–H groups in total. The molecule has 0 aromatic carbocycles. The summed E-state index contributed by atoms with van der Waals surface area (Å²) in [6.45, 7) is 8.01. The average molecular weight is 271 g/mol. The standard InChI is InChI=1S/C17H25N3/c1-13(2)19-9-5-4-6-15(19)10-17-18-11-16-8-7-14(3)12-20(16)17/h7-8,11-13,15H,4-6,9-10H2,1-3H3. The van der Waals surface area contributed by atoms with Gasteiger partial charge in [0, 0.05) is 24.7 Å². The maximum Gasteiger partial charge on any atom is 0.114 e. The number of rotatable bonds is 3. The van der Waals surface area contributed by atoms with E-state index in [4.69, 9.17) is 0 Å². The van der Waals surface area contributed by atoms with E-state index in [1.165, 1.54) is 42.7 Å². The topological polar surface area (TPSA) is 20.5 Å². The second kappa shape index (κ2) is 5.57. The third kappa shape index (κ3) is 2.59. The lowest BCUT2D eigenvalue weighted by atomic mass is 9.97. The van der Waals surface area contributed by atoms with Gasteiger partial charge in [-0.25, -0.2) is 4.98 Å². The maximum atomic E-state index is 4.66. The van der Waals surface area contributed by atoms with Crippen LogP contribution >= 0.6 is 0 Å². The molecular formula is C17H25N3. The van der Waals surface area contributed by atoms with Crippen LogP contribution in [0.2, 0.25) is 0 Å². The molecule has 3 nitrogen and oxygen atoms in total. The molecule has 3 heterocycles. The number of imidazole rings is 1. The molecule has 0 amide bonds. The smallest absolute Gasteiger partial charge is 0.114 e. The molecule has 0 bridgehead atoms. The molecule has 3 rings (SSSR count). The van der Waals surface area contributed by atoms with Gasteiger partial charge in [-0.3, -0.25) is 4.90 Å². The van der Waals surface area contributed by atoms with E-state index in [1.807, 2.05) is 6.20 Å². The van der Waals surface area contributed by atoms with E-state index in [0.29, 0.717) is 12.1 Å². The van der Waals surface area contributed by atoms with Gasteiger partial charge in [-0.05, 0) is 51.8 Å². The summed E-state index contributed by atoms with van der Waals surface area (Å²) in [5, 5.41) is 0. The Hall–Kier alpha value is -1.35. The van der Waals surface area contributed by atoms with E-state index in [0.717, 1.165) is 6.42 Å². The van der Waals surface area contributed by atoms with Gasteiger partial charge in [-0.2, -0.15) is 0 Å². The molecule has 1 fully saturated rings. The highest BCUT2D eigenvalue weighted by atomic mass is 15.2. The second-order valence-electron chi connectivity index (χ2n) is 6.36. The van der Waals surface area contributed by atoms with Crippen molar-refractivity contribution in [3.05, 3.63) is 35.9 Å². The summed E-state index contributed by atoms with van der Waals surface area (Å²) in [4.78, 5) is 7.31. The fourth-order valence-corrected chi connectivity index (χ4v) is 3.43. The number of likely N-dealkylation sites (tertiary alicyclic amines) is 1. The minimum absolute atomic E-state index is 0.633. The van der Waals surface area contributed by atoms with Gasteiger partial charge in [0.2, 0.25) is 0 Å². The SMILES string of the molecule is Cc1ccc2cnc(CC3CCCCN3C(C)C)n2c1. The van der Waals surface area contributed by atoms with Crippen LogP contribution in [0.25, 0.3) is 5.52 Å². The van der Waals surface area contributed by atoms with Gasteiger partial charge in [0.25, 0.3) is 0 Å². The van der Waals surface area contributed by atoms with Crippen molar-refractivity contribution >= 4 is 5.52 Å². The van der Waals surface area contributed by atoms with E-state index in [-0.39, 0.29) is 0 Å². The number of fused-ring (bicyclic) bond motifs is 1. The van der Waals surface area contributed by atoms with Crippen LogP contribution in [0.5, 0.6) is 0 Å². The molecule has 0 aliphatic carbocycles. The zero-order valence-electron chi connectivity index (χ0n) is 12.8. The minimum atomic E-state index is 0.633. The molecule has 20 heavy (non-hydrogen) atoms. The van der Waals surface area contributed by atoms with E-state index in [1.54, 1.807) is 0 Å². The van der Waals surface area contributed by atoms with Crippen molar-refractivity contribution in [3.63, 3.8) is 0 Å². The summed E-state index contributed by atoms with van der Waals surface area (Å²) < 4.78 is 2.27.